The molecule has 0 unspecified atom stereocenters. The van der Waals surface area contributed by atoms with Crippen molar-refractivity contribution in [3.8, 4) is 11.5 Å². The van der Waals surface area contributed by atoms with Gasteiger partial charge in [0.25, 0.3) is 11.6 Å². The van der Waals surface area contributed by atoms with Gasteiger partial charge in [-0.05, 0) is 69.9 Å². The molecule has 1 spiro atoms. The number of aliphatic hydroxyl groups excluding tert-OH is 1. The SMILES string of the molecule is COc1cc2c3c(c1Br)O[C@@H]1C/C(=N/Nc4ccc([N+](=O)[O-])cc4)C[C@@H](C)[C@]31C[C@@H](CO)N(C(=O)c1cccs1)C2. The quantitative estimate of drug-likeness (QED) is 0.260. The first-order valence-electron chi connectivity index (χ1n) is 13.3. The molecule has 214 valence electrons. The van der Waals surface area contributed by atoms with Gasteiger partial charge in [0.2, 0.25) is 0 Å². The molecule has 0 saturated heterocycles. The van der Waals surface area contributed by atoms with E-state index in [2.05, 4.69) is 33.4 Å². The standard InChI is InChI=1S/C29H29BrN4O6S/c1-16-10-19(32-31-18-5-7-20(8-6-18)34(37)38)12-24-29(16)13-21(15-35)33(28(36)23-4-3-9-41-23)14-17-11-22(39-2)26(30)27(40-24)25(17)29/h3-9,11,16,21,24,31,35H,10,12-15H2,1-2H3/b32-19+/t16-,21+,24-,29+/m1/s1. The van der Waals surface area contributed by atoms with Crippen molar-refractivity contribution in [1.82, 2.24) is 4.90 Å². The first-order chi connectivity index (χ1) is 19.8. The van der Waals surface area contributed by atoms with Crippen molar-refractivity contribution in [2.24, 2.45) is 11.0 Å². The number of halogens is 1. The number of hydrogen-bond acceptors (Lipinski definition) is 9. The molecule has 6 rings (SSSR count). The number of amides is 1. The molecule has 10 nitrogen and oxygen atoms in total. The molecule has 2 aromatic carbocycles. The van der Waals surface area contributed by atoms with Crippen molar-refractivity contribution in [2.75, 3.05) is 19.1 Å². The van der Waals surface area contributed by atoms with Crippen molar-refractivity contribution in [1.29, 1.82) is 0 Å². The lowest BCUT2D eigenvalue weighted by molar-refractivity contribution is -0.384. The number of nitro benzene ring substituents is 1. The second kappa shape index (κ2) is 10.7. The van der Waals surface area contributed by atoms with Gasteiger partial charge in [-0.2, -0.15) is 5.10 Å². The third kappa shape index (κ3) is 4.58. The van der Waals surface area contributed by atoms with E-state index in [1.165, 1.54) is 23.5 Å². The molecule has 1 aliphatic carbocycles. The summed E-state index contributed by atoms with van der Waals surface area (Å²) in [5.74, 6) is 1.33. The molecule has 1 amide bonds. The number of hydrazone groups is 1. The van der Waals surface area contributed by atoms with Gasteiger partial charge in [-0.25, -0.2) is 0 Å². The number of carbonyl (C=O) groups is 1. The predicted molar refractivity (Wildman–Crippen MR) is 159 cm³/mol. The Morgan fingerprint density at radius 2 is 2.12 bits per heavy atom. The Labute approximate surface area is 249 Å². The summed E-state index contributed by atoms with van der Waals surface area (Å²) in [4.78, 5) is 26.7. The second-order valence-electron chi connectivity index (χ2n) is 10.8. The Bertz CT molecular complexity index is 1530. The Kier molecular flexibility index (Phi) is 7.25. The molecule has 12 heteroatoms. The van der Waals surface area contributed by atoms with Crippen molar-refractivity contribution in [3.63, 3.8) is 0 Å². The van der Waals surface area contributed by atoms with Crippen LogP contribution >= 0.6 is 27.3 Å². The number of anilines is 1. The molecule has 3 aromatic rings. The van der Waals surface area contributed by atoms with Gasteiger partial charge < -0.3 is 19.5 Å². The summed E-state index contributed by atoms with van der Waals surface area (Å²) in [7, 11) is 1.61. The molecular formula is C29H29BrN4O6S. The Hall–Kier alpha value is -3.48. The fraction of sp³-hybridized carbons (Fsp3) is 0.379. The number of thiophene rings is 1. The summed E-state index contributed by atoms with van der Waals surface area (Å²) in [5.41, 5.74) is 6.21. The molecule has 2 aliphatic heterocycles. The summed E-state index contributed by atoms with van der Waals surface area (Å²) in [5, 5.41) is 28.2. The van der Waals surface area contributed by atoms with E-state index in [0.29, 0.717) is 42.1 Å². The van der Waals surface area contributed by atoms with E-state index >= 15 is 0 Å². The summed E-state index contributed by atoms with van der Waals surface area (Å²) in [6.45, 7) is 2.35. The third-order valence-corrected chi connectivity index (χ3v) is 10.2. The van der Waals surface area contributed by atoms with Gasteiger partial charge in [-0.15, -0.1) is 11.3 Å². The topological polar surface area (TPSA) is 127 Å². The summed E-state index contributed by atoms with van der Waals surface area (Å²) in [6, 6.07) is 11.4. The predicted octanol–water partition coefficient (Wildman–Crippen LogP) is 5.73. The minimum absolute atomic E-state index is 0.0174. The second-order valence-corrected chi connectivity index (χ2v) is 12.5. The van der Waals surface area contributed by atoms with Crippen LogP contribution in [0.5, 0.6) is 11.5 Å². The number of nitrogens with one attached hydrogen (secondary N) is 1. The maximum Gasteiger partial charge on any atom is 0.269 e. The summed E-state index contributed by atoms with van der Waals surface area (Å²) < 4.78 is 13.1. The number of carbonyl (C=O) groups excluding carboxylic acids is 1. The van der Waals surface area contributed by atoms with E-state index in [1.54, 1.807) is 24.1 Å². The van der Waals surface area contributed by atoms with Crippen LogP contribution in [0.1, 0.15) is 47.0 Å². The Morgan fingerprint density at radius 1 is 1.34 bits per heavy atom. The van der Waals surface area contributed by atoms with Crippen molar-refractivity contribution in [3.05, 3.63) is 78.4 Å². The minimum atomic E-state index is -0.455. The molecule has 1 saturated carbocycles. The fourth-order valence-electron chi connectivity index (χ4n) is 6.67. The lowest BCUT2D eigenvalue weighted by Crippen LogP contribution is -2.53. The van der Waals surface area contributed by atoms with Crippen LogP contribution in [0, 0.1) is 16.0 Å². The van der Waals surface area contributed by atoms with Crippen LogP contribution in [0.15, 0.2) is 57.4 Å². The monoisotopic (exact) mass is 640 g/mol. The van der Waals surface area contributed by atoms with Gasteiger partial charge in [0.1, 0.15) is 22.1 Å². The van der Waals surface area contributed by atoms with Crippen molar-refractivity contribution in [2.45, 2.75) is 50.3 Å². The van der Waals surface area contributed by atoms with Crippen LogP contribution in [0.3, 0.4) is 0 Å². The van der Waals surface area contributed by atoms with Crippen LogP contribution in [0.25, 0.3) is 0 Å². The zero-order chi connectivity index (χ0) is 28.9. The average Bonchev–Trinajstić information content (AvgIpc) is 3.59. The maximum atomic E-state index is 13.7. The highest BCUT2D eigenvalue weighted by Crippen LogP contribution is 2.61. The van der Waals surface area contributed by atoms with Crippen LogP contribution in [0.4, 0.5) is 11.4 Å². The lowest BCUT2D eigenvalue weighted by Gasteiger charge is -2.45. The lowest BCUT2D eigenvalue weighted by atomic mass is 9.59. The fourth-order valence-corrected chi connectivity index (χ4v) is 7.91. The zero-order valence-corrected chi connectivity index (χ0v) is 24.9. The molecule has 3 aliphatic rings. The molecule has 3 heterocycles. The van der Waals surface area contributed by atoms with E-state index in [9.17, 15) is 20.0 Å². The number of rotatable bonds is 6. The van der Waals surface area contributed by atoms with E-state index in [0.717, 1.165) is 27.1 Å². The number of benzene rings is 2. The molecule has 1 fully saturated rings. The number of non-ortho nitro benzene ring substituents is 1. The number of aliphatic hydroxyl groups is 1. The number of nitro groups is 1. The maximum absolute atomic E-state index is 13.7. The highest BCUT2D eigenvalue weighted by Gasteiger charge is 2.59. The van der Waals surface area contributed by atoms with Crippen molar-refractivity contribution >= 4 is 50.3 Å². The normalized spacial score (nSPS) is 25.6. The van der Waals surface area contributed by atoms with Crippen LogP contribution in [0.2, 0.25) is 0 Å². The number of methoxy groups -OCH3 is 1. The van der Waals surface area contributed by atoms with E-state index in [1.807, 2.05) is 23.6 Å². The largest absolute Gasteiger partial charge is 0.495 e. The molecule has 4 atom stereocenters. The highest BCUT2D eigenvalue weighted by atomic mass is 79.9. The van der Waals surface area contributed by atoms with Gasteiger partial charge in [0, 0.05) is 41.8 Å². The van der Waals surface area contributed by atoms with Crippen LogP contribution < -0.4 is 14.9 Å². The van der Waals surface area contributed by atoms with Gasteiger partial charge in [0.05, 0.1) is 35.2 Å². The Morgan fingerprint density at radius 3 is 2.78 bits per heavy atom. The number of nitrogens with zero attached hydrogens (tertiary/aromatic N) is 3. The van der Waals surface area contributed by atoms with Crippen molar-refractivity contribution < 1.29 is 24.3 Å². The Balaban J connectivity index is 1.38. The average molecular weight is 642 g/mol. The smallest absolute Gasteiger partial charge is 0.269 e. The van der Waals surface area contributed by atoms with E-state index < -0.39 is 16.4 Å². The van der Waals surface area contributed by atoms with E-state index in [-0.39, 0.29) is 30.2 Å². The van der Waals surface area contributed by atoms with Gasteiger partial charge in [-0.1, -0.05) is 13.0 Å². The molecule has 0 bridgehead atoms. The molecule has 0 radical (unpaired) electrons. The number of hydrogen-bond donors (Lipinski definition) is 2. The molecule has 1 aromatic heterocycles. The van der Waals surface area contributed by atoms with E-state index in [4.69, 9.17) is 9.47 Å². The van der Waals surface area contributed by atoms with Gasteiger partial charge in [-0.3, -0.25) is 20.3 Å². The van der Waals surface area contributed by atoms with Gasteiger partial charge in [0.15, 0.2) is 0 Å². The third-order valence-electron chi connectivity index (χ3n) is 8.61. The minimum Gasteiger partial charge on any atom is -0.495 e. The number of ether oxygens (including phenoxy) is 2. The summed E-state index contributed by atoms with van der Waals surface area (Å²) in [6.07, 6.45) is 1.50. The van der Waals surface area contributed by atoms with Crippen LogP contribution in [-0.2, 0) is 12.0 Å². The first-order valence-corrected chi connectivity index (χ1v) is 15.0. The summed E-state index contributed by atoms with van der Waals surface area (Å²) >= 11 is 5.11. The van der Waals surface area contributed by atoms with Crippen LogP contribution in [-0.4, -0.2) is 52.4 Å². The molecular weight excluding hydrogens is 612 g/mol. The molecule has 41 heavy (non-hydrogen) atoms. The highest BCUT2D eigenvalue weighted by molar-refractivity contribution is 9.10. The first kappa shape index (κ1) is 27.7. The molecule has 2 N–H and O–H groups in total. The zero-order valence-electron chi connectivity index (χ0n) is 22.5. The van der Waals surface area contributed by atoms with Gasteiger partial charge >= 0.3 is 0 Å².